The van der Waals surface area contributed by atoms with Crippen molar-refractivity contribution in [3.05, 3.63) is 18.0 Å². The van der Waals surface area contributed by atoms with Gasteiger partial charge in [-0.3, -0.25) is 4.68 Å². The van der Waals surface area contributed by atoms with Gasteiger partial charge in [-0.1, -0.05) is 26.2 Å². The molecule has 0 spiro atoms. The smallest absolute Gasteiger partial charge is 0.101 e. The van der Waals surface area contributed by atoms with Gasteiger partial charge in [-0.05, 0) is 25.7 Å². The fourth-order valence-corrected chi connectivity index (χ4v) is 3.04. The highest BCUT2D eigenvalue weighted by Gasteiger charge is 2.27. The Bertz CT molecular complexity index is 388. The van der Waals surface area contributed by atoms with Crippen LogP contribution in [0.3, 0.4) is 0 Å². The minimum atomic E-state index is -0.0330. The first-order valence-electron chi connectivity index (χ1n) is 7.49. The number of ether oxygens (including phenoxy) is 1. The summed E-state index contributed by atoms with van der Waals surface area (Å²) < 4.78 is 8.12. The third-order valence-electron chi connectivity index (χ3n) is 4.18. The first-order chi connectivity index (χ1) is 9.10. The molecule has 2 N–H and O–H groups in total. The van der Waals surface area contributed by atoms with E-state index in [2.05, 4.69) is 12.0 Å². The van der Waals surface area contributed by atoms with Gasteiger partial charge >= 0.3 is 0 Å². The molecule has 4 unspecified atom stereocenters. The molecule has 0 radical (unpaired) electrons. The maximum absolute atomic E-state index is 6.31. The third kappa shape index (κ3) is 3.80. The second-order valence-corrected chi connectivity index (χ2v) is 5.93. The highest BCUT2D eigenvalue weighted by atomic mass is 16.5. The van der Waals surface area contributed by atoms with Crippen LogP contribution >= 0.6 is 0 Å². The number of aryl methyl sites for hydroxylation is 1. The Hall–Kier alpha value is -0.870. The summed E-state index contributed by atoms with van der Waals surface area (Å²) >= 11 is 0. The van der Waals surface area contributed by atoms with Crippen molar-refractivity contribution in [3.63, 3.8) is 0 Å². The molecule has 0 aliphatic heterocycles. The predicted molar refractivity (Wildman–Crippen MR) is 76.7 cm³/mol. The van der Waals surface area contributed by atoms with Crippen molar-refractivity contribution in [3.8, 4) is 0 Å². The van der Waals surface area contributed by atoms with Gasteiger partial charge in [0.2, 0.25) is 0 Å². The van der Waals surface area contributed by atoms with Crippen LogP contribution < -0.4 is 5.73 Å². The molecule has 4 heteroatoms. The van der Waals surface area contributed by atoms with Gasteiger partial charge in [0.1, 0.15) is 6.10 Å². The molecule has 108 valence electrons. The van der Waals surface area contributed by atoms with Gasteiger partial charge < -0.3 is 10.5 Å². The van der Waals surface area contributed by atoms with E-state index in [4.69, 9.17) is 10.5 Å². The van der Waals surface area contributed by atoms with Crippen molar-refractivity contribution in [1.82, 2.24) is 9.78 Å². The van der Waals surface area contributed by atoms with Crippen molar-refractivity contribution in [2.75, 3.05) is 0 Å². The van der Waals surface area contributed by atoms with E-state index < -0.39 is 0 Å². The van der Waals surface area contributed by atoms with Gasteiger partial charge in [0.05, 0.1) is 12.3 Å². The van der Waals surface area contributed by atoms with E-state index in [9.17, 15) is 0 Å². The molecular weight excluding hydrogens is 238 g/mol. The van der Waals surface area contributed by atoms with E-state index in [1.807, 2.05) is 31.0 Å². The van der Waals surface area contributed by atoms with E-state index in [1.54, 1.807) is 0 Å². The van der Waals surface area contributed by atoms with Crippen LogP contribution in [0.2, 0.25) is 0 Å². The normalized spacial score (nSPS) is 27.2. The SMILES string of the molecule is CCC1CCCC(OC(c2cnn(C)c2)C(C)N)C1. The topological polar surface area (TPSA) is 53.1 Å². The molecule has 0 saturated heterocycles. The van der Waals surface area contributed by atoms with E-state index in [0.29, 0.717) is 6.10 Å². The standard InChI is InChI=1S/C15H27N3O/c1-4-12-6-5-7-14(8-12)19-15(11(2)16)13-9-17-18(3)10-13/h9-12,14-15H,4-8,16H2,1-3H3. The number of nitrogens with two attached hydrogens (primary N) is 1. The van der Waals surface area contributed by atoms with Crippen LogP contribution in [0.5, 0.6) is 0 Å². The number of rotatable bonds is 5. The average molecular weight is 265 g/mol. The zero-order valence-electron chi connectivity index (χ0n) is 12.4. The molecule has 2 rings (SSSR count). The Kier molecular flexibility index (Phi) is 4.99. The number of hydrogen-bond acceptors (Lipinski definition) is 3. The van der Waals surface area contributed by atoms with E-state index in [1.165, 1.54) is 32.1 Å². The maximum Gasteiger partial charge on any atom is 0.101 e. The second kappa shape index (κ2) is 6.53. The van der Waals surface area contributed by atoms with Gasteiger partial charge in [0.15, 0.2) is 0 Å². The molecule has 1 fully saturated rings. The van der Waals surface area contributed by atoms with Crippen LogP contribution in [0, 0.1) is 5.92 Å². The highest BCUT2D eigenvalue weighted by Crippen LogP contribution is 2.32. The Morgan fingerprint density at radius 2 is 2.32 bits per heavy atom. The summed E-state index contributed by atoms with van der Waals surface area (Å²) in [5.74, 6) is 0.821. The molecule has 1 saturated carbocycles. The fraction of sp³-hybridized carbons (Fsp3) is 0.800. The number of nitrogens with zero attached hydrogens (tertiary/aromatic N) is 2. The molecule has 1 aromatic heterocycles. The Morgan fingerprint density at radius 3 is 2.89 bits per heavy atom. The zero-order valence-corrected chi connectivity index (χ0v) is 12.4. The largest absolute Gasteiger partial charge is 0.369 e. The van der Waals surface area contributed by atoms with Gasteiger partial charge in [0, 0.05) is 24.8 Å². The summed E-state index contributed by atoms with van der Waals surface area (Å²) in [6, 6.07) is -0.00815. The lowest BCUT2D eigenvalue weighted by molar-refractivity contribution is -0.0508. The first kappa shape index (κ1) is 14.5. The lowest BCUT2D eigenvalue weighted by atomic mass is 9.85. The maximum atomic E-state index is 6.31. The van der Waals surface area contributed by atoms with E-state index in [-0.39, 0.29) is 12.1 Å². The van der Waals surface area contributed by atoms with Crippen LogP contribution in [-0.4, -0.2) is 21.9 Å². The predicted octanol–water partition coefficient (Wildman–Crippen LogP) is 2.79. The molecule has 1 aliphatic carbocycles. The number of aromatic nitrogens is 2. The third-order valence-corrected chi connectivity index (χ3v) is 4.18. The van der Waals surface area contributed by atoms with Crippen molar-refractivity contribution in [1.29, 1.82) is 0 Å². The lowest BCUT2D eigenvalue weighted by Crippen LogP contribution is -2.32. The van der Waals surface area contributed by atoms with Gasteiger partial charge in [-0.15, -0.1) is 0 Å². The van der Waals surface area contributed by atoms with E-state index in [0.717, 1.165) is 11.5 Å². The molecule has 0 aromatic carbocycles. The molecular formula is C15H27N3O. The first-order valence-corrected chi connectivity index (χ1v) is 7.49. The summed E-state index contributed by atoms with van der Waals surface area (Å²) in [4.78, 5) is 0. The molecule has 4 atom stereocenters. The molecule has 1 aromatic rings. The lowest BCUT2D eigenvalue weighted by Gasteiger charge is -2.32. The highest BCUT2D eigenvalue weighted by molar-refractivity contribution is 5.10. The van der Waals surface area contributed by atoms with Crippen LogP contribution in [-0.2, 0) is 11.8 Å². The summed E-state index contributed by atoms with van der Waals surface area (Å²) in [7, 11) is 1.93. The zero-order chi connectivity index (χ0) is 13.8. The van der Waals surface area contributed by atoms with Gasteiger partial charge in [-0.25, -0.2) is 0 Å². The molecule has 0 bridgehead atoms. The van der Waals surface area contributed by atoms with Crippen LogP contribution in [0.4, 0.5) is 0 Å². The quantitative estimate of drug-likeness (QED) is 0.890. The average Bonchev–Trinajstić information content (AvgIpc) is 2.82. The molecule has 1 aliphatic rings. The Labute approximate surface area is 116 Å². The molecule has 4 nitrogen and oxygen atoms in total. The summed E-state index contributed by atoms with van der Waals surface area (Å²) in [6.07, 6.45) is 10.4. The van der Waals surface area contributed by atoms with Crippen molar-refractivity contribution in [2.24, 2.45) is 18.7 Å². The van der Waals surface area contributed by atoms with Crippen molar-refractivity contribution in [2.45, 2.75) is 64.2 Å². The Morgan fingerprint density at radius 1 is 1.53 bits per heavy atom. The molecule has 0 amide bonds. The molecule has 1 heterocycles. The summed E-state index contributed by atoms with van der Waals surface area (Å²) in [5.41, 5.74) is 7.19. The van der Waals surface area contributed by atoms with Crippen molar-refractivity contribution < 1.29 is 4.74 Å². The van der Waals surface area contributed by atoms with E-state index >= 15 is 0 Å². The minimum Gasteiger partial charge on any atom is -0.369 e. The summed E-state index contributed by atoms with van der Waals surface area (Å²) in [6.45, 7) is 4.29. The van der Waals surface area contributed by atoms with Gasteiger partial charge in [0.25, 0.3) is 0 Å². The van der Waals surface area contributed by atoms with Crippen LogP contribution in [0.15, 0.2) is 12.4 Å². The second-order valence-electron chi connectivity index (χ2n) is 5.93. The van der Waals surface area contributed by atoms with Crippen molar-refractivity contribution >= 4 is 0 Å². The fourth-order valence-electron chi connectivity index (χ4n) is 3.04. The minimum absolute atomic E-state index is 0.00815. The molecule has 19 heavy (non-hydrogen) atoms. The van der Waals surface area contributed by atoms with Crippen LogP contribution in [0.25, 0.3) is 0 Å². The number of hydrogen-bond donors (Lipinski definition) is 1. The Balaban J connectivity index is 2.00. The van der Waals surface area contributed by atoms with Crippen LogP contribution in [0.1, 0.15) is 57.6 Å². The summed E-state index contributed by atoms with van der Waals surface area (Å²) in [5, 5.41) is 4.23. The van der Waals surface area contributed by atoms with Gasteiger partial charge in [-0.2, -0.15) is 5.10 Å². The monoisotopic (exact) mass is 265 g/mol.